The molecule has 0 saturated carbocycles. The van der Waals surface area contributed by atoms with E-state index in [0.29, 0.717) is 43.6 Å². The smallest absolute Gasteiger partial charge is 0.319 e. The van der Waals surface area contributed by atoms with Crippen molar-refractivity contribution < 1.29 is 24.1 Å². The molecular weight excluding hydrogens is 276 g/mol. The van der Waals surface area contributed by atoms with Crippen molar-refractivity contribution in [2.45, 2.75) is 6.92 Å². The molecule has 0 radical (unpaired) electrons. The third-order valence-electron chi connectivity index (χ3n) is 2.90. The number of nitrogens with one attached hydrogen (secondary N) is 2. The molecule has 0 unspecified atom stereocenters. The Bertz CT molecular complexity index is 492. The zero-order valence-electron chi connectivity index (χ0n) is 12.0. The lowest BCUT2D eigenvalue weighted by molar-refractivity contribution is 0.0950. The number of anilines is 1. The Morgan fingerprint density at radius 2 is 2.00 bits per heavy atom. The fraction of sp³-hybridized carbons (Fsp3) is 0.500. The van der Waals surface area contributed by atoms with Gasteiger partial charge in [0.25, 0.3) is 0 Å². The molecule has 1 aliphatic rings. The zero-order valence-corrected chi connectivity index (χ0v) is 12.0. The van der Waals surface area contributed by atoms with Crippen LogP contribution in [0.3, 0.4) is 0 Å². The van der Waals surface area contributed by atoms with Gasteiger partial charge in [-0.2, -0.15) is 0 Å². The van der Waals surface area contributed by atoms with E-state index in [1.165, 1.54) is 0 Å². The number of benzene rings is 1. The largest absolute Gasteiger partial charge is 0.486 e. The first kappa shape index (κ1) is 15.4. The predicted molar refractivity (Wildman–Crippen MR) is 77.1 cm³/mol. The van der Waals surface area contributed by atoms with Crippen molar-refractivity contribution in [2.75, 3.05) is 44.9 Å². The van der Waals surface area contributed by atoms with Gasteiger partial charge in [0.15, 0.2) is 11.5 Å². The lowest BCUT2D eigenvalue weighted by Gasteiger charge is -2.20. The van der Waals surface area contributed by atoms with Gasteiger partial charge in [-0.15, -0.1) is 0 Å². The van der Waals surface area contributed by atoms with Crippen LogP contribution in [-0.4, -0.2) is 50.7 Å². The summed E-state index contributed by atoms with van der Waals surface area (Å²) in [6, 6.07) is 3.28. The summed E-state index contributed by atoms with van der Waals surface area (Å²) in [5, 5.41) is 14.0. The van der Waals surface area contributed by atoms with E-state index in [1.54, 1.807) is 6.07 Å². The van der Waals surface area contributed by atoms with Crippen LogP contribution in [0.25, 0.3) is 0 Å². The molecule has 0 spiro atoms. The van der Waals surface area contributed by atoms with Gasteiger partial charge in [-0.05, 0) is 18.6 Å². The lowest BCUT2D eigenvalue weighted by atomic mass is 10.1. The maximum absolute atomic E-state index is 11.8. The van der Waals surface area contributed by atoms with Crippen LogP contribution < -0.4 is 20.1 Å². The first-order chi connectivity index (χ1) is 10.2. The molecule has 0 fully saturated rings. The molecule has 0 saturated heterocycles. The molecule has 2 amide bonds. The van der Waals surface area contributed by atoms with E-state index in [0.717, 1.165) is 5.56 Å². The van der Waals surface area contributed by atoms with Crippen LogP contribution in [-0.2, 0) is 4.74 Å². The molecule has 0 aromatic heterocycles. The van der Waals surface area contributed by atoms with Gasteiger partial charge < -0.3 is 30.0 Å². The number of ether oxygens (including phenoxy) is 3. The molecule has 7 nitrogen and oxygen atoms in total. The van der Waals surface area contributed by atoms with Gasteiger partial charge in [0.1, 0.15) is 13.2 Å². The summed E-state index contributed by atoms with van der Waals surface area (Å²) in [6.07, 6.45) is 0. The molecule has 1 aromatic carbocycles. The molecule has 0 aliphatic carbocycles. The van der Waals surface area contributed by atoms with E-state index >= 15 is 0 Å². The zero-order chi connectivity index (χ0) is 15.1. The molecule has 0 bridgehead atoms. The van der Waals surface area contributed by atoms with Gasteiger partial charge in [-0.3, -0.25) is 0 Å². The molecule has 3 N–H and O–H groups in total. The van der Waals surface area contributed by atoms with E-state index in [4.69, 9.17) is 19.3 Å². The summed E-state index contributed by atoms with van der Waals surface area (Å²) in [4.78, 5) is 11.8. The van der Waals surface area contributed by atoms with Crippen molar-refractivity contribution in [3.8, 4) is 11.5 Å². The van der Waals surface area contributed by atoms with Crippen LogP contribution in [0.2, 0.25) is 0 Å². The molecule has 116 valence electrons. The SMILES string of the molecule is Cc1cc2c(cc1NC(=O)NCCOCCO)OCCO2. The van der Waals surface area contributed by atoms with Gasteiger partial charge >= 0.3 is 6.03 Å². The molecule has 1 aliphatic heterocycles. The number of aliphatic hydroxyl groups is 1. The summed E-state index contributed by atoms with van der Waals surface area (Å²) in [5.74, 6) is 1.33. The highest BCUT2D eigenvalue weighted by Crippen LogP contribution is 2.35. The molecule has 7 heteroatoms. The Labute approximate surface area is 123 Å². The van der Waals surface area contributed by atoms with Crippen molar-refractivity contribution in [3.63, 3.8) is 0 Å². The maximum atomic E-state index is 11.8. The normalized spacial score (nSPS) is 12.9. The fourth-order valence-electron chi connectivity index (χ4n) is 1.89. The Morgan fingerprint density at radius 1 is 1.29 bits per heavy atom. The Hall–Kier alpha value is -1.99. The van der Waals surface area contributed by atoms with E-state index < -0.39 is 0 Å². The second-order valence-electron chi connectivity index (χ2n) is 4.53. The number of fused-ring (bicyclic) bond motifs is 1. The van der Waals surface area contributed by atoms with Crippen molar-refractivity contribution in [2.24, 2.45) is 0 Å². The molecule has 2 rings (SSSR count). The quantitative estimate of drug-likeness (QED) is 0.679. The predicted octanol–water partition coefficient (Wildman–Crippen LogP) is 0.897. The van der Waals surface area contributed by atoms with Crippen LogP contribution in [0, 0.1) is 6.92 Å². The van der Waals surface area contributed by atoms with Crippen molar-refractivity contribution >= 4 is 11.7 Å². The third kappa shape index (κ3) is 4.51. The summed E-state index contributed by atoms with van der Waals surface area (Å²) < 4.78 is 16.0. The average molecular weight is 296 g/mol. The summed E-state index contributed by atoms with van der Waals surface area (Å²) >= 11 is 0. The van der Waals surface area contributed by atoms with Crippen LogP contribution in [0.4, 0.5) is 10.5 Å². The number of carbonyl (C=O) groups excluding carboxylic acids is 1. The summed E-state index contributed by atoms with van der Waals surface area (Å²) in [6.45, 7) is 3.90. The van der Waals surface area contributed by atoms with E-state index in [2.05, 4.69) is 10.6 Å². The van der Waals surface area contributed by atoms with Crippen LogP contribution in [0.5, 0.6) is 11.5 Å². The standard InChI is InChI=1S/C14H20N2O5/c1-10-8-12-13(21-7-6-20-12)9-11(10)16-14(18)15-2-4-19-5-3-17/h8-9,17H,2-7H2,1H3,(H2,15,16,18). The monoisotopic (exact) mass is 296 g/mol. The van der Waals surface area contributed by atoms with Crippen molar-refractivity contribution in [3.05, 3.63) is 17.7 Å². The number of carbonyl (C=O) groups is 1. The number of aryl methyl sites for hydroxylation is 1. The Morgan fingerprint density at radius 3 is 2.71 bits per heavy atom. The van der Waals surface area contributed by atoms with Crippen LogP contribution in [0.15, 0.2) is 12.1 Å². The second kappa shape index (κ2) is 7.70. The van der Waals surface area contributed by atoms with Gasteiger partial charge in [0, 0.05) is 18.3 Å². The van der Waals surface area contributed by atoms with E-state index in [9.17, 15) is 4.79 Å². The van der Waals surface area contributed by atoms with Gasteiger partial charge in [-0.25, -0.2) is 4.79 Å². The average Bonchev–Trinajstić information content (AvgIpc) is 2.48. The highest BCUT2D eigenvalue weighted by molar-refractivity contribution is 5.90. The summed E-state index contributed by atoms with van der Waals surface area (Å²) in [7, 11) is 0. The van der Waals surface area contributed by atoms with Crippen molar-refractivity contribution in [1.29, 1.82) is 0 Å². The molecule has 21 heavy (non-hydrogen) atoms. The van der Waals surface area contributed by atoms with E-state index in [1.807, 2.05) is 13.0 Å². The van der Waals surface area contributed by atoms with Gasteiger partial charge in [-0.1, -0.05) is 0 Å². The minimum Gasteiger partial charge on any atom is -0.486 e. The molecule has 1 heterocycles. The lowest BCUT2D eigenvalue weighted by Crippen LogP contribution is -2.32. The van der Waals surface area contributed by atoms with Crippen molar-refractivity contribution in [1.82, 2.24) is 5.32 Å². The number of rotatable bonds is 6. The number of hydrogen-bond acceptors (Lipinski definition) is 5. The Kier molecular flexibility index (Phi) is 5.65. The topological polar surface area (TPSA) is 89.1 Å². The minimum absolute atomic E-state index is 0.0252. The molecule has 0 atom stereocenters. The number of amides is 2. The molecular formula is C14H20N2O5. The van der Waals surface area contributed by atoms with Gasteiger partial charge in [0.2, 0.25) is 0 Å². The third-order valence-corrected chi connectivity index (χ3v) is 2.90. The fourth-order valence-corrected chi connectivity index (χ4v) is 1.89. The molecule has 1 aromatic rings. The first-order valence-corrected chi connectivity index (χ1v) is 6.84. The highest BCUT2D eigenvalue weighted by atomic mass is 16.6. The van der Waals surface area contributed by atoms with Crippen LogP contribution in [0.1, 0.15) is 5.56 Å². The highest BCUT2D eigenvalue weighted by Gasteiger charge is 2.15. The number of urea groups is 1. The van der Waals surface area contributed by atoms with Gasteiger partial charge in [0.05, 0.1) is 19.8 Å². The van der Waals surface area contributed by atoms with Crippen LogP contribution >= 0.6 is 0 Å². The van der Waals surface area contributed by atoms with E-state index in [-0.39, 0.29) is 19.2 Å². The maximum Gasteiger partial charge on any atom is 0.319 e. The second-order valence-corrected chi connectivity index (χ2v) is 4.53. The Balaban J connectivity index is 1.86. The minimum atomic E-state index is -0.317. The number of hydrogen-bond donors (Lipinski definition) is 3. The number of aliphatic hydroxyl groups excluding tert-OH is 1. The first-order valence-electron chi connectivity index (χ1n) is 6.84. The summed E-state index contributed by atoms with van der Waals surface area (Å²) in [5.41, 5.74) is 1.57.